The van der Waals surface area contributed by atoms with Crippen LogP contribution in [0, 0.1) is 0 Å². The van der Waals surface area contributed by atoms with Crippen LogP contribution in [0.2, 0.25) is 0 Å². The number of carbonyl (C=O) groups excluding carboxylic acids is 3. The minimum Gasteiger partial charge on any atom is -0.497 e. The van der Waals surface area contributed by atoms with E-state index in [9.17, 15) is 14.4 Å². The maximum Gasteiger partial charge on any atom is 0.408 e. The Hall–Kier alpha value is -5.25. The number of rotatable bonds is 13. The van der Waals surface area contributed by atoms with Crippen molar-refractivity contribution in [3.63, 3.8) is 0 Å². The third kappa shape index (κ3) is 8.44. The summed E-state index contributed by atoms with van der Waals surface area (Å²) < 4.78 is 10.6. The van der Waals surface area contributed by atoms with E-state index in [1.807, 2.05) is 60.7 Å². The Kier molecular flexibility index (Phi) is 10.4. The summed E-state index contributed by atoms with van der Waals surface area (Å²) in [6.07, 6.45) is 5.50. The quantitative estimate of drug-likeness (QED) is 0.189. The molecule has 1 fully saturated rings. The Balaban J connectivity index is 1.35. The number of methoxy groups -OCH3 is 1. The lowest BCUT2D eigenvalue weighted by atomic mass is 9.64. The zero-order valence-corrected chi connectivity index (χ0v) is 25.2. The van der Waals surface area contributed by atoms with Gasteiger partial charge >= 0.3 is 6.09 Å². The molecule has 1 heterocycles. The lowest BCUT2D eigenvalue weighted by Gasteiger charge is -2.42. The molecule has 1 saturated carbocycles. The van der Waals surface area contributed by atoms with E-state index >= 15 is 0 Å². The van der Waals surface area contributed by atoms with Crippen molar-refractivity contribution < 1.29 is 23.9 Å². The number of alkyl carbamates (subject to hydrolysis) is 1. The molecule has 10 heteroatoms. The molecule has 1 aliphatic carbocycles. The lowest BCUT2D eigenvalue weighted by Crippen LogP contribution is -2.48. The third-order valence-electron chi connectivity index (χ3n) is 8.09. The number of amides is 3. The highest BCUT2D eigenvalue weighted by atomic mass is 16.5. The molecule has 10 nitrogen and oxygen atoms in total. The Morgan fingerprint density at radius 3 is 2.29 bits per heavy atom. The number of benzene rings is 3. The van der Waals surface area contributed by atoms with Crippen LogP contribution in [0.3, 0.4) is 0 Å². The summed E-state index contributed by atoms with van der Waals surface area (Å²) in [4.78, 5) is 51.5. The zero-order chi connectivity index (χ0) is 31.5. The summed E-state index contributed by atoms with van der Waals surface area (Å²) in [7, 11) is 1.58. The average molecular weight is 608 g/mol. The Bertz CT molecular complexity index is 1580. The van der Waals surface area contributed by atoms with Gasteiger partial charge in [0.25, 0.3) is 11.8 Å². The fourth-order valence-corrected chi connectivity index (χ4v) is 5.35. The predicted octanol–water partition coefficient (Wildman–Crippen LogP) is 4.70. The van der Waals surface area contributed by atoms with Gasteiger partial charge in [-0.1, -0.05) is 79.2 Å². The van der Waals surface area contributed by atoms with E-state index in [2.05, 4.69) is 37.7 Å². The smallest absolute Gasteiger partial charge is 0.408 e. The molecule has 232 valence electrons. The van der Waals surface area contributed by atoms with Gasteiger partial charge in [0.1, 0.15) is 24.1 Å². The molecule has 5 rings (SSSR count). The van der Waals surface area contributed by atoms with Crippen LogP contribution < -0.4 is 15.4 Å². The normalized spacial score (nSPS) is 14.5. The van der Waals surface area contributed by atoms with Gasteiger partial charge in [0.2, 0.25) is 0 Å². The van der Waals surface area contributed by atoms with E-state index < -0.39 is 23.9 Å². The molecule has 4 aromatic rings. The monoisotopic (exact) mass is 607 g/mol. The fraction of sp³-hybridized carbons (Fsp3) is 0.286. The van der Waals surface area contributed by atoms with E-state index in [4.69, 9.17) is 9.47 Å². The fourth-order valence-electron chi connectivity index (χ4n) is 5.35. The van der Waals surface area contributed by atoms with Gasteiger partial charge in [-0.2, -0.15) is 0 Å². The minimum absolute atomic E-state index is 0.0353. The van der Waals surface area contributed by atoms with Crippen molar-refractivity contribution in [1.82, 2.24) is 20.6 Å². The maximum absolute atomic E-state index is 13.7. The first kappa shape index (κ1) is 31.2. The van der Waals surface area contributed by atoms with E-state index in [0.717, 1.165) is 30.4 Å². The molecule has 3 amide bonds. The number of hydrogen-bond acceptors (Lipinski definition) is 6. The largest absolute Gasteiger partial charge is 0.497 e. The first-order chi connectivity index (χ1) is 21.9. The van der Waals surface area contributed by atoms with Crippen LogP contribution in [-0.4, -0.2) is 53.3 Å². The second kappa shape index (κ2) is 15.0. The third-order valence-corrected chi connectivity index (χ3v) is 8.09. The number of carbonyl (C=O) groups is 3. The predicted molar refractivity (Wildman–Crippen MR) is 170 cm³/mol. The van der Waals surface area contributed by atoms with Gasteiger partial charge in [0, 0.05) is 31.0 Å². The van der Waals surface area contributed by atoms with Crippen molar-refractivity contribution in [2.45, 2.75) is 50.2 Å². The molecule has 1 atom stereocenters. The molecule has 3 N–H and O–H groups in total. The van der Waals surface area contributed by atoms with Crippen molar-refractivity contribution in [2.24, 2.45) is 4.99 Å². The zero-order valence-electron chi connectivity index (χ0n) is 25.2. The van der Waals surface area contributed by atoms with Gasteiger partial charge in [-0.25, -0.2) is 14.8 Å². The highest BCUT2D eigenvalue weighted by molar-refractivity contribution is 6.41. The number of aromatic nitrogens is 2. The molecular formula is C35H37N5O5. The minimum atomic E-state index is -1.11. The number of nitrogens with zero attached hydrogens (tertiary/aromatic N) is 2. The van der Waals surface area contributed by atoms with Crippen molar-refractivity contribution in [3.8, 4) is 5.75 Å². The summed E-state index contributed by atoms with van der Waals surface area (Å²) >= 11 is 0. The molecule has 1 aromatic heterocycles. The van der Waals surface area contributed by atoms with Gasteiger partial charge in [-0.15, -0.1) is 0 Å². The number of hydrogen-bond donors (Lipinski definition) is 3. The topological polar surface area (TPSA) is 135 Å². The number of ether oxygens (including phenoxy) is 2. The van der Waals surface area contributed by atoms with Gasteiger partial charge in [-0.05, 0) is 41.7 Å². The number of nitrogens with one attached hydrogen (secondary N) is 3. The van der Waals surface area contributed by atoms with Crippen molar-refractivity contribution in [3.05, 3.63) is 120 Å². The van der Waals surface area contributed by atoms with Crippen LogP contribution in [0.25, 0.3) is 0 Å². The van der Waals surface area contributed by atoms with Crippen molar-refractivity contribution in [1.29, 1.82) is 0 Å². The molecule has 0 spiro atoms. The number of H-pyrrole nitrogens is 1. The summed E-state index contributed by atoms with van der Waals surface area (Å²) in [5.41, 5.74) is 3.19. The van der Waals surface area contributed by atoms with E-state index in [0.29, 0.717) is 18.0 Å². The Morgan fingerprint density at radius 2 is 1.67 bits per heavy atom. The summed E-state index contributed by atoms with van der Waals surface area (Å²) in [5, 5.41) is 5.68. The van der Waals surface area contributed by atoms with Crippen molar-refractivity contribution >= 4 is 23.6 Å². The molecule has 3 aromatic carbocycles. The van der Waals surface area contributed by atoms with Crippen LogP contribution in [-0.2, 0) is 39.2 Å². The summed E-state index contributed by atoms with van der Waals surface area (Å²) in [6.45, 7) is 0.458. The number of aromatic amines is 1. The molecule has 0 aliphatic heterocycles. The van der Waals surface area contributed by atoms with Gasteiger partial charge in [-0.3, -0.25) is 9.59 Å². The Labute approximate surface area is 262 Å². The van der Waals surface area contributed by atoms with Crippen LogP contribution >= 0.6 is 0 Å². The average Bonchev–Trinajstić information content (AvgIpc) is 3.57. The molecule has 1 unspecified atom stereocenters. The molecule has 1 aliphatic rings. The summed E-state index contributed by atoms with van der Waals surface area (Å²) in [6, 6.07) is 25.5. The van der Waals surface area contributed by atoms with Crippen LogP contribution in [0.15, 0.2) is 102 Å². The molecule has 0 bridgehead atoms. The second-order valence-corrected chi connectivity index (χ2v) is 11.1. The number of aliphatic imine (C=N–C) groups is 1. The highest BCUT2D eigenvalue weighted by Gasteiger charge is 2.39. The lowest BCUT2D eigenvalue weighted by molar-refractivity contribution is -0.120. The molecule has 0 saturated heterocycles. The van der Waals surface area contributed by atoms with Gasteiger partial charge in [0.05, 0.1) is 19.1 Å². The van der Waals surface area contributed by atoms with E-state index in [1.54, 1.807) is 25.4 Å². The second-order valence-electron chi connectivity index (χ2n) is 11.1. The number of imidazole rings is 1. The highest BCUT2D eigenvalue weighted by Crippen LogP contribution is 2.43. The summed E-state index contributed by atoms with van der Waals surface area (Å²) in [5.74, 6) is -0.453. The first-order valence-corrected chi connectivity index (χ1v) is 15.0. The van der Waals surface area contributed by atoms with Crippen LogP contribution in [0.5, 0.6) is 5.75 Å². The standard InChI is InChI=1S/C35H37N5O5/c1-44-29-15-13-25(14-16-29)19-30(32(41)37-23-35(17-8-18-35)27-11-6-3-7-12-27)39-33(42)31(20-28-21-36-24-38-28)40-34(43)45-22-26-9-4-2-5-10-26/h2-7,9-16,21,24,31H,8,17-20,22-23H2,1H3,(H,36,38)(H,37,41)(H,40,43). The van der Waals surface area contributed by atoms with Crippen molar-refractivity contribution in [2.75, 3.05) is 13.7 Å². The van der Waals surface area contributed by atoms with Gasteiger partial charge in [0.15, 0.2) is 0 Å². The van der Waals surface area contributed by atoms with E-state index in [1.165, 1.54) is 11.9 Å². The Morgan fingerprint density at radius 1 is 0.956 bits per heavy atom. The van der Waals surface area contributed by atoms with Crippen LogP contribution in [0.1, 0.15) is 41.6 Å². The molecule has 0 radical (unpaired) electrons. The first-order valence-electron chi connectivity index (χ1n) is 15.0. The molecular weight excluding hydrogens is 570 g/mol. The maximum atomic E-state index is 13.7. The van der Waals surface area contributed by atoms with Gasteiger partial charge < -0.3 is 25.1 Å². The SMILES string of the molecule is COc1ccc(CC(=NC(=O)C(Cc2c[nH]cn2)NC(=O)OCc2ccccc2)C(=O)NCC2(c3ccccc3)CCC2)cc1. The van der Waals surface area contributed by atoms with Crippen LogP contribution in [0.4, 0.5) is 4.79 Å². The van der Waals surface area contributed by atoms with E-state index in [-0.39, 0.29) is 30.6 Å². The molecule has 45 heavy (non-hydrogen) atoms.